The van der Waals surface area contributed by atoms with Crippen LogP contribution in [0.5, 0.6) is 0 Å². The maximum atomic E-state index is 4.47. The van der Waals surface area contributed by atoms with Gasteiger partial charge in [-0.15, -0.1) is 0 Å². The van der Waals surface area contributed by atoms with Crippen molar-refractivity contribution in [3.63, 3.8) is 0 Å². The van der Waals surface area contributed by atoms with Crippen molar-refractivity contribution in [2.24, 2.45) is 0 Å². The predicted octanol–water partition coefficient (Wildman–Crippen LogP) is 1.56. The van der Waals surface area contributed by atoms with Crippen LogP contribution in [-0.4, -0.2) is 45.1 Å². The molecular formula is C13H21N7. The Labute approximate surface area is 119 Å². The molecule has 0 aliphatic rings. The highest BCUT2D eigenvalue weighted by atomic mass is 15.3. The first kappa shape index (κ1) is 14.2. The van der Waals surface area contributed by atoms with Crippen LogP contribution in [0.25, 0.3) is 5.95 Å². The third kappa shape index (κ3) is 2.87. The molecule has 0 fully saturated rings. The molecule has 0 radical (unpaired) electrons. The van der Waals surface area contributed by atoms with E-state index >= 15 is 0 Å². The van der Waals surface area contributed by atoms with Gasteiger partial charge in [0.15, 0.2) is 0 Å². The lowest BCUT2D eigenvalue weighted by Crippen LogP contribution is -2.17. The summed E-state index contributed by atoms with van der Waals surface area (Å²) in [6.07, 6.45) is 2.75. The second-order valence-corrected chi connectivity index (χ2v) is 4.87. The van der Waals surface area contributed by atoms with Gasteiger partial charge in [-0.3, -0.25) is 4.57 Å². The summed E-state index contributed by atoms with van der Waals surface area (Å²) >= 11 is 0. The minimum atomic E-state index is 0.584. The molecule has 7 nitrogen and oxygen atoms in total. The van der Waals surface area contributed by atoms with Crippen molar-refractivity contribution in [3.8, 4) is 5.95 Å². The molecule has 0 aliphatic carbocycles. The molecule has 0 amide bonds. The Morgan fingerprint density at radius 2 is 1.95 bits per heavy atom. The third-order valence-electron chi connectivity index (χ3n) is 3.01. The van der Waals surface area contributed by atoms with E-state index in [0.29, 0.717) is 17.8 Å². The molecular weight excluding hydrogens is 254 g/mol. The molecule has 2 heterocycles. The molecule has 0 bridgehead atoms. The Morgan fingerprint density at radius 3 is 2.50 bits per heavy atom. The second-order valence-electron chi connectivity index (χ2n) is 4.87. The SMILES string of the molecule is CCCNc1nc(N(C)C)nc(-n2cnc(C)c2C)n1. The van der Waals surface area contributed by atoms with E-state index in [2.05, 4.69) is 32.2 Å². The Balaban J connectivity index is 2.46. The van der Waals surface area contributed by atoms with E-state index in [4.69, 9.17) is 0 Å². The van der Waals surface area contributed by atoms with E-state index in [1.165, 1.54) is 0 Å². The molecule has 7 heteroatoms. The Hall–Kier alpha value is -2.18. The van der Waals surface area contributed by atoms with Gasteiger partial charge in [0, 0.05) is 26.3 Å². The topological polar surface area (TPSA) is 71.8 Å². The summed E-state index contributed by atoms with van der Waals surface area (Å²) in [5, 5.41) is 3.20. The molecule has 20 heavy (non-hydrogen) atoms. The Bertz CT molecular complexity index is 588. The monoisotopic (exact) mass is 275 g/mol. The van der Waals surface area contributed by atoms with E-state index in [0.717, 1.165) is 24.4 Å². The van der Waals surface area contributed by atoms with Crippen LogP contribution in [0.1, 0.15) is 24.7 Å². The van der Waals surface area contributed by atoms with Gasteiger partial charge in [-0.2, -0.15) is 15.0 Å². The van der Waals surface area contributed by atoms with Crippen LogP contribution in [0.3, 0.4) is 0 Å². The van der Waals surface area contributed by atoms with Gasteiger partial charge in [0.2, 0.25) is 17.8 Å². The number of anilines is 2. The van der Waals surface area contributed by atoms with Crippen LogP contribution in [0.2, 0.25) is 0 Å². The van der Waals surface area contributed by atoms with E-state index in [1.807, 2.05) is 37.4 Å². The third-order valence-corrected chi connectivity index (χ3v) is 3.01. The van der Waals surface area contributed by atoms with Crippen molar-refractivity contribution in [2.75, 3.05) is 30.9 Å². The van der Waals surface area contributed by atoms with Gasteiger partial charge in [0.1, 0.15) is 6.33 Å². The number of hydrogen-bond donors (Lipinski definition) is 1. The first-order valence-corrected chi connectivity index (χ1v) is 6.71. The molecule has 0 spiro atoms. The van der Waals surface area contributed by atoms with Crippen LogP contribution in [0, 0.1) is 13.8 Å². The first-order valence-electron chi connectivity index (χ1n) is 6.71. The van der Waals surface area contributed by atoms with E-state index in [-0.39, 0.29) is 0 Å². The molecule has 2 aromatic rings. The summed E-state index contributed by atoms with van der Waals surface area (Å²) in [5.74, 6) is 1.80. The predicted molar refractivity (Wildman–Crippen MR) is 79.5 cm³/mol. The van der Waals surface area contributed by atoms with Gasteiger partial charge in [-0.1, -0.05) is 6.92 Å². The Kier molecular flexibility index (Phi) is 4.16. The lowest BCUT2D eigenvalue weighted by atomic mass is 10.4. The van der Waals surface area contributed by atoms with Gasteiger partial charge < -0.3 is 10.2 Å². The summed E-state index contributed by atoms with van der Waals surface area (Å²) in [6, 6.07) is 0. The number of rotatable bonds is 5. The number of nitrogens with one attached hydrogen (secondary N) is 1. The average molecular weight is 275 g/mol. The maximum Gasteiger partial charge on any atom is 0.241 e. The fourth-order valence-electron chi connectivity index (χ4n) is 1.68. The van der Waals surface area contributed by atoms with Crippen LogP contribution < -0.4 is 10.2 Å². The van der Waals surface area contributed by atoms with Gasteiger partial charge in [0.25, 0.3) is 0 Å². The molecule has 0 atom stereocenters. The summed E-state index contributed by atoms with van der Waals surface area (Å²) in [5.41, 5.74) is 2.00. The van der Waals surface area contributed by atoms with Crippen molar-refractivity contribution in [1.82, 2.24) is 24.5 Å². The van der Waals surface area contributed by atoms with Crippen LogP contribution in [0.4, 0.5) is 11.9 Å². The fourth-order valence-corrected chi connectivity index (χ4v) is 1.68. The normalized spacial score (nSPS) is 10.7. The summed E-state index contributed by atoms with van der Waals surface area (Å²) in [4.78, 5) is 19.5. The quantitative estimate of drug-likeness (QED) is 0.893. The number of aryl methyl sites for hydroxylation is 1. The molecule has 0 aromatic carbocycles. The highest BCUT2D eigenvalue weighted by Crippen LogP contribution is 2.14. The minimum absolute atomic E-state index is 0.584. The number of aromatic nitrogens is 5. The summed E-state index contributed by atoms with van der Waals surface area (Å²) < 4.78 is 1.88. The molecule has 2 aromatic heterocycles. The van der Waals surface area contributed by atoms with Crippen molar-refractivity contribution in [2.45, 2.75) is 27.2 Å². The lowest BCUT2D eigenvalue weighted by Gasteiger charge is -2.14. The van der Waals surface area contributed by atoms with Crippen LogP contribution in [0.15, 0.2) is 6.33 Å². The zero-order valence-electron chi connectivity index (χ0n) is 12.7. The fraction of sp³-hybridized carbons (Fsp3) is 0.538. The number of nitrogens with zero attached hydrogens (tertiary/aromatic N) is 6. The van der Waals surface area contributed by atoms with Gasteiger partial charge >= 0.3 is 0 Å². The lowest BCUT2D eigenvalue weighted by molar-refractivity contribution is 0.844. The highest BCUT2D eigenvalue weighted by Gasteiger charge is 2.12. The van der Waals surface area contributed by atoms with Crippen molar-refractivity contribution >= 4 is 11.9 Å². The van der Waals surface area contributed by atoms with E-state index in [9.17, 15) is 0 Å². The number of imidazole rings is 1. The molecule has 108 valence electrons. The van der Waals surface area contributed by atoms with E-state index in [1.54, 1.807) is 6.33 Å². The zero-order chi connectivity index (χ0) is 14.7. The van der Waals surface area contributed by atoms with Crippen molar-refractivity contribution < 1.29 is 0 Å². The van der Waals surface area contributed by atoms with Gasteiger partial charge in [0.05, 0.1) is 5.69 Å². The van der Waals surface area contributed by atoms with E-state index < -0.39 is 0 Å². The highest BCUT2D eigenvalue weighted by molar-refractivity contribution is 5.39. The van der Waals surface area contributed by atoms with Gasteiger partial charge in [-0.05, 0) is 20.3 Å². The Morgan fingerprint density at radius 1 is 1.20 bits per heavy atom. The minimum Gasteiger partial charge on any atom is -0.354 e. The first-order chi connectivity index (χ1) is 9.52. The summed E-state index contributed by atoms with van der Waals surface area (Å²) in [6.45, 7) is 6.90. The molecule has 0 saturated carbocycles. The van der Waals surface area contributed by atoms with Crippen molar-refractivity contribution in [1.29, 1.82) is 0 Å². The molecule has 2 rings (SSSR count). The summed E-state index contributed by atoms with van der Waals surface area (Å²) in [7, 11) is 3.82. The zero-order valence-corrected chi connectivity index (χ0v) is 12.7. The van der Waals surface area contributed by atoms with Crippen LogP contribution >= 0.6 is 0 Å². The largest absolute Gasteiger partial charge is 0.354 e. The molecule has 0 aliphatic heterocycles. The molecule has 0 saturated heterocycles. The second kappa shape index (κ2) is 5.85. The van der Waals surface area contributed by atoms with Crippen molar-refractivity contribution in [3.05, 3.63) is 17.7 Å². The molecule has 0 unspecified atom stereocenters. The smallest absolute Gasteiger partial charge is 0.241 e. The van der Waals surface area contributed by atoms with Crippen LogP contribution in [-0.2, 0) is 0 Å². The number of hydrogen-bond acceptors (Lipinski definition) is 6. The average Bonchev–Trinajstić information content (AvgIpc) is 2.76. The van der Waals surface area contributed by atoms with Gasteiger partial charge in [-0.25, -0.2) is 4.98 Å². The molecule has 1 N–H and O–H groups in total. The maximum absolute atomic E-state index is 4.47. The standard InChI is InChI=1S/C13H21N7/c1-6-7-14-11-16-12(19(4)5)18-13(17-11)20-8-15-9(2)10(20)3/h8H,6-7H2,1-5H3,(H,14,16,17,18).